The third kappa shape index (κ3) is 4.15. The maximum atomic E-state index is 13.0. The normalized spacial score (nSPS) is 10.9. The molecule has 2 rings (SSSR count). The lowest BCUT2D eigenvalue weighted by molar-refractivity contribution is 0.269. The summed E-state index contributed by atoms with van der Waals surface area (Å²) < 4.78 is 14.7. The Hall–Kier alpha value is -1.72. The first-order valence-electron chi connectivity index (χ1n) is 6.77. The molecule has 0 amide bonds. The van der Waals surface area contributed by atoms with Crippen molar-refractivity contribution in [3.05, 3.63) is 53.1 Å². The third-order valence-corrected chi connectivity index (χ3v) is 3.22. The van der Waals surface area contributed by atoms with Crippen molar-refractivity contribution in [3.8, 4) is 0 Å². The van der Waals surface area contributed by atoms with E-state index in [1.54, 1.807) is 16.9 Å². The van der Waals surface area contributed by atoms with Crippen LogP contribution >= 0.6 is 0 Å². The van der Waals surface area contributed by atoms with Crippen LogP contribution < -0.4 is 5.32 Å². The number of nitrogens with zero attached hydrogens (tertiary/aromatic N) is 2. The molecule has 1 aromatic carbocycles. The quantitative estimate of drug-likeness (QED) is 0.757. The molecule has 20 heavy (non-hydrogen) atoms. The first-order chi connectivity index (χ1) is 9.69. The monoisotopic (exact) mass is 277 g/mol. The molecule has 0 bridgehead atoms. The number of halogens is 1. The van der Waals surface area contributed by atoms with Gasteiger partial charge in [-0.1, -0.05) is 6.07 Å². The predicted molar refractivity (Wildman–Crippen MR) is 75.9 cm³/mol. The zero-order valence-corrected chi connectivity index (χ0v) is 11.6. The lowest BCUT2D eigenvalue weighted by atomic mass is 10.1. The summed E-state index contributed by atoms with van der Waals surface area (Å²) in [5, 5.41) is 16.3. The smallest absolute Gasteiger partial charge is 0.123 e. The number of aryl methyl sites for hydroxylation is 1. The molecule has 0 radical (unpaired) electrons. The van der Waals surface area contributed by atoms with Crippen LogP contribution in [0.25, 0.3) is 0 Å². The standard InChI is InChI=1S/C15H20FN3O/c1-12-8-15(16)3-2-14(12)4-5-17-9-13-10-18-19(11-13)6-7-20/h2-3,8,10-11,17,20H,4-7,9H2,1H3. The summed E-state index contributed by atoms with van der Waals surface area (Å²) in [5.41, 5.74) is 3.24. The number of aromatic nitrogens is 2. The molecule has 4 nitrogen and oxygen atoms in total. The second-order valence-electron chi connectivity index (χ2n) is 4.83. The van der Waals surface area contributed by atoms with Crippen molar-refractivity contribution in [1.29, 1.82) is 0 Å². The summed E-state index contributed by atoms with van der Waals surface area (Å²) in [6.45, 7) is 4.12. The largest absolute Gasteiger partial charge is 0.394 e. The molecule has 1 heterocycles. The van der Waals surface area contributed by atoms with Gasteiger partial charge in [0, 0.05) is 18.3 Å². The number of hydrogen-bond donors (Lipinski definition) is 2. The molecular formula is C15H20FN3O. The van der Waals surface area contributed by atoms with Gasteiger partial charge in [-0.3, -0.25) is 4.68 Å². The van der Waals surface area contributed by atoms with Gasteiger partial charge in [-0.25, -0.2) is 4.39 Å². The minimum absolute atomic E-state index is 0.0956. The summed E-state index contributed by atoms with van der Waals surface area (Å²) in [6, 6.07) is 4.90. The van der Waals surface area contributed by atoms with E-state index in [1.807, 2.05) is 19.2 Å². The highest BCUT2D eigenvalue weighted by Gasteiger charge is 2.01. The van der Waals surface area contributed by atoms with Crippen molar-refractivity contribution in [2.45, 2.75) is 26.4 Å². The van der Waals surface area contributed by atoms with Crippen LogP contribution in [0.3, 0.4) is 0 Å². The summed E-state index contributed by atoms with van der Waals surface area (Å²) >= 11 is 0. The van der Waals surface area contributed by atoms with E-state index in [1.165, 1.54) is 6.07 Å². The lowest BCUT2D eigenvalue weighted by Crippen LogP contribution is -2.16. The van der Waals surface area contributed by atoms with Crippen LogP contribution in [0.5, 0.6) is 0 Å². The van der Waals surface area contributed by atoms with Crippen LogP contribution in [0, 0.1) is 12.7 Å². The van der Waals surface area contributed by atoms with Crippen LogP contribution in [0.1, 0.15) is 16.7 Å². The predicted octanol–water partition coefficient (Wildman–Crippen LogP) is 1.66. The Morgan fingerprint density at radius 1 is 1.40 bits per heavy atom. The molecule has 0 aliphatic heterocycles. The highest BCUT2D eigenvalue weighted by atomic mass is 19.1. The average Bonchev–Trinajstić information content (AvgIpc) is 2.85. The van der Waals surface area contributed by atoms with Crippen molar-refractivity contribution in [2.75, 3.05) is 13.2 Å². The molecule has 0 fully saturated rings. The second-order valence-corrected chi connectivity index (χ2v) is 4.83. The van der Waals surface area contributed by atoms with E-state index in [9.17, 15) is 4.39 Å². The zero-order valence-electron chi connectivity index (χ0n) is 11.6. The van der Waals surface area contributed by atoms with Crippen molar-refractivity contribution < 1.29 is 9.50 Å². The van der Waals surface area contributed by atoms with Crippen LogP contribution in [0.15, 0.2) is 30.6 Å². The van der Waals surface area contributed by atoms with E-state index in [2.05, 4.69) is 10.4 Å². The van der Waals surface area contributed by atoms with Gasteiger partial charge in [0.1, 0.15) is 5.82 Å². The minimum atomic E-state index is -0.185. The van der Waals surface area contributed by atoms with E-state index in [0.29, 0.717) is 6.54 Å². The van der Waals surface area contributed by atoms with E-state index in [-0.39, 0.29) is 12.4 Å². The zero-order chi connectivity index (χ0) is 14.4. The van der Waals surface area contributed by atoms with Gasteiger partial charge in [0.05, 0.1) is 19.3 Å². The van der Waals surface area contributed by atoms with E-state index < -0.39 is 0 Å². The SMILES string of the molecule is Cc1cc(F)ccc1CCNCc1cnn(CCO)c1. The molecule has 0 aliphatic rings. The van der Waals surface area contributed by atoms with E-state index in [0.717, 1.165) is 36.2 Å². The topological polar surface area (TPSA) is 50.1 Å². The van der Waals surface area contributed by atoms with Crippen molar-refractivity contribution in [1.82, 2.24) is 15.1 Å². The van der Waals surface area contributed by atoms with Gasteiger partial charge < -0.3 is 10.4 Å². The summed E-state index contributed by atoms with van der Waals surface area (Å²) in [5.74, 6) is -0.185. The van der Waals surface area contributed by atoms with E-state index in [4.69, 9.17) is 5.11 Å². The Bertz CT molecular complexity index is 554. The second kappa shape index (κ2) is 7.17. The maximum absolute atomic E-state index is 13.0. The summed E-state index contributed by atoms with van der Waals surface area (Å²) in [6.07, 6.45) is 4.59. The Labute approximate surface area is 118 Å². The van der Waals surface area contributed by atoms with Gasteiger partial charge in [-0.15, -0.1) is 0 Å². The fraction of sp³-hybridized carbons (Fsp3) is 0.400. The molecule has 0 spiro atoms. The molecule has 0 saturated heterocycles. The minimum Gasteiger partial charge on any atom is -0.394 e. The average molecular weight is 277 g/mol. The molecule has 2 N–H and O–H groups in total. The van der Waals surface area contributed by atoms with Gasteiger partial charge in [-0.2, -0.15) is 5.10 Å². The lowest BCUT2D eigenvalue weighted by Gasteiger charge is -2.06. The van der Waals surface area contributed by atoms with Gasteiger partial charge in [-0.05, 0) is 43.1 Å². The van der Waals surface area contributed by atoms with Crippen molar-refractivity contribution in [3.63, 3.8) is 0 Å². The Kier molecular flexibility index (Phi) is 5.26. The highest BCUT2D eigenvalue weighted by molar-refractivity contribution is 5.26. The number of hydrogen-bond acceptors (Lipinski definition) is 3. The first-order valence-corrected chi connectivity index (χ1v) is 6.77. The fourth-order valence-corrected chi connectivity index (χ4v) is 2.12. The molecule has 0 aliphatic carbocycles. The van der Waals surface area contributed by atoms with Gasteiger partial charge in [0.2, 0.25) is 0 Å². The molecule has 0 saturated carbocycles. The van der Waals surface area contributed by atoms with Crippen molar-refractivity contribution in [2.24, 2.45) is 0 Å². The number of nitrogens with one attached hydrogen (secondary N) is 1. The molecular weight excluding hydrogens is 257 g/mol. The number of aliphatic hydroxyl groups is 1. The number of rotatable bonds is 7. The Morgan fingerprint density at radius 2 is 2.25 bits per heavy atom. The van der Waals surface area contributed by atoms with Crippen LogP contribution in [0.4, 0.5) is 4.39 Å². The maximum Gasteiger partial charge on any atom is 0.123 e. The van der Waals surface area contributed by atoms with Crippen molar-refractivity contribution >= 4 is 0 Å². The Balaban J connectivity index is 1.75. The van der Waals surface area contributed by atoms with E-state index >= 15 is 0 Å². The third-order valence-electron chi connectivity index (χ3n) is 3.22. The molecule has 2 aromatic rings. The molecule has 108 valence electrons. The van der Waals surface area contributed by atoms with Gasteiger partial charge >= 0.3 is 0 Å². The summed E-state index contributed by atoms with van der Waals surface area (Å²) in [4.78, 5) is 0. The molecule has 0 atom stereocenters. The number of aliphatic hydroxyl groups excluding tert-OH is 1. The summed E-state index contributed by atoms with van der Waals surface area (Å²) in [7, 11) is 0. The van der Waals surface area contributed by atoms with Crippen LogP contribution in [0.2, 0.25) is 0 Å². The first kappa shape index (κ1) is 14.7. The van der Waals surface area contributed by atoms with Gasteiger partial charge in [0.15, 0.2) is 0 Å². The van der Waals surface area contributed by atoms with Gasteiger partial charge in [0.25, 0.3) is 0 Å². The fourth-order valence-electron chi connectivity index (χ4n) is 2.12. The van der Waals surface area contributed by atoms with Crippen LogP contribution in [-0.2, 0) is 19.5 Å². The molecule has 5 heteroatoms. The highest BCUT2D eigenvalue weighted by Crippen LogP contribution is 2.10. The molecule has 1 aromatic heterocycles. The Morgan fingerprint density at radius 3 is 3.00 bits per heavy atom. The van der Waals surface area contributed by atoms with Crippen LogP contribution in [-0.4, -0.2) is 28.0 Å². The molecule has 0 unspecified atom stereocenters. The number of benzene rings is 1.